The molecule has 2 aromatic carbocycles. The van der Waals surface area contributed by atoms with E-state index >= 15 is 0 Å². The Bertz CT molecular complexity index is 788. The minimum atomic E-state index is 0.0418. The van der Waals surface area contributed by atoms with Crippen LogP contribution in [-0.2, 0) is 17.9 Å². The van der Waals surface area contributed by atoms with Crippen molar-refractivity contribution >= 4 is 5.91 Å². The van der Waals surface area contributed by atoms with E-state index in [9.17, 15) is 4.79 Å². The number of rotatable bonds is 7. The van der Waals surface area contributed by atoms with E-state index in [2.05, 4.69) is 15.5 Å². The maximum Gasteiger partial charge on any atom is 0.224 e. The van der Waals surface area contributed by atoms with Gasteiger partial charge in [-0.1, -0.05) is 30.3 Å². The molecule has 0 radical (unpaired) electrons. The number of para-hydroxylation sites is 1. The first-order valence-electron chi connectivity index (χ1n) is 7.97. The fourth-order valence-corrected chi connectivity index (χ4v) is 2.33. The molecule has 0 aliphatic rings. The minimum absolute atomic E-state index is 0.0418. The fraction of sp³-hybridized carbons (Fsp3) is 0.222. The van der Waals surface area contributed by atoms with E-state index < -0.39 is 0 Å². The molecule has 3 aromatic rings. The topological polar surface area (TPSA) is 73.1 Å². The summed E-state index contributed by atoms with van der Waals surface area (Å²) in [4.78, 5) is 13.9. The Morgan fingerprint density at radius 2 is 1.80 bits per heavy atom. The van der Waals surface area contributed by atoms with Crippen molar-refractivity contribution in [2.24, 2.45) is 0 Å². The SMILES string of the molecule is CN(Cc1ccc(Oc2ccccc2)cc1)C(=O)CCn1cnnn1. The molecule has 25 heavy (non-hydrogen) atoms. The Morgan fingerprint density at radius 1 is 1.08 bits per heavy atom. The zero-order valence-electron chi connectivity index (χ0n) is 13.9. The maximum atomic E-state index is 12.2. The predicted octanol–water partition coefficient (Wildman–Crippen LogP) is 2.51. The molecule has 0 aliphatic carbocycles. The average molecular weight is 337 g/mol. The lowest BCUT2D eigenvalue weighted by Gasteiger charge is -2.17. The summed E-state index contributed by atoms with van der Waals surface area (Å²) in [6.45, 7) is 1.01. The summed E-state index contributed by atoms with van der Waals surface area (Å²) < 4.78 is 7.31. The molecule has 0 bridgehead atoms. The van der Waals surface area contributed by atoms with Crippen LogP contribution in [-0.4, -0.2) is 38.1 Å². The number of aromatic nitrogens is 4. The highest BCUT2D eigenvalue weighted by atomic mass is 16.5. The van der Waals surface area contributed by atoms with Gasteiger partial charge in [-0.2, -0.15) is 0 Å². The summed E-state index contributed by atoms with van der Waals surface area (Å²) >= 11 is 0. The van der Waals surface area contributed by atoms with Crippen molar-refractivity contribution in [1.82, 2.24) is 25.1 Å². The molecule has 1 aromatic heterocycles. The number of benzene rings is 2. The van der Waals surface area contributed by atoms with Gasteiger partial charge in [0.15, 0.2) is 0 Å². The summed E-state index contributed by atoms with van der Waals surface area (Å²) in [5, 5.41) is 10.8. The Hall–Kier alpha value is -3.22. The highest BCUT2D eigenvalue weighted by molar-refractivity contribution is 5.75. The predicted molar refractivity (Wildman–Crippen MR) is 91.9 cm³/mol. The number of hydrogen-bond donors (Lipinski definition) is 0. The third-order valence-corrected chi connectivity index (χ3v) is 3.69. The third kappa shape index (κ3) is 4.87. The van der Waals surface area contributed by atoms with Crippen LogP contribution in [0.4, 0.5) is 0 Å². The Labute approximate surface area is 145 Å². The van der Waals surface area contributed by atoms with Crippen LogP contribution >= 0.6 is 0 Å². The van der Waals surface area contributed by atoms with Crippen LogP contribution in [0.3, 0.4) is 0 Å². The zero-order valence-corrected chi connectivity index (χ0v) is 13.9. The molecule has 0 saturated heterocycles. The van der Waals surface area contributed by atoms with Crippen LogP contribution in [0.2, 0.25) is 0 Å². The molecule has 0 unspecified atom stereocenters. The number of carbonyl (C=O) groups excluding carboxylic acids is 1. The van der Waals surface area contributed by atoms with Gasteiger partial charge in [0.25, 0.3) is 0 Å². The Morgan fingerprint density at radius 3 is 2.48 bits per heavy atom. The van der Waals surface area contributed by atoms with Gasteiger partial charge in [0.1, 0.15) is 17.8 Å². The molecule has 1 heterocycles. The third-order valence-electron chi connectivity index (χ3n) is 3.69. The number of ether oxygens (including phenoxy) is 1. The van der Waals surface area contributed by atoms with Gasteiger partial charge in [0, 0.05) is 20.0 Å². The van der Waals surface area contributed by atoms with Crippen LogP contribution in [0, 0.1) is 0 Å². The fourth-order valence-electron chi connectivity index (χ4n) is 2.33. The van der Waals surface area contributed by atoms with E-state index in [-0.39, 0.29) is 5.91 Å². The van der Waals surface area contributed by atoms with Crippen LogP contribution in [0.25, 0.3) is 0 Å². The van der Waals surface area contributed by atoms with Crippen molar-refractivity contribution in [3.8, 4) is 11.5 Å². The smallest absolute Gasteiger partial charge is 0.224 e. The molecule has 1 amide bonds. The van der Waals surface area contributed by atoms with Gasteiger partial charge in [-0.25, -0.2) is 4.68 Å². The second-order valence-corrected chi connectivity index (χ2v) is 5.63. The quantitative estimate of drug-likeness (QED) is 0.662. The zero-order chi connectivity index (χ0) is 17.5. The number of hydrogen-bond acceptors (Lipinski definition) is 5. The van der Waals surface area contributed by atoms with Crippen molar-refractivity contribution < 1.29 is 9.53 Å². The molecular formula is C18H19N5O2. The van der Waals surface area contributed by atoms with Gasteiger partial charge in [-0.3, -0.25) is 4.79 Å². The van der Waals surface area contributed by atoms with E-state index in [4.69, 9.17) is 4.74 Å². The Balaban J connectivity index is 1.51. The molecule has 0 atom stereocenters. The molecule has 0 aliphatic heterocycles. The first-order chi connectivity index (χ1) is 12.2. The van der Waals surface area contributed by atoms with Crippen LogP contribution in [0.5, 0.6) is 11.5 Å². The van der Waals surface area contributed by atoms with Crippen molar-refractivity contribution in [3.63, 3.8) is 0 Å². The monoisotopic (exact) mass is 337 g/mol. The van der Waals surface area contributed by atoms with Gasteiger partial charge in [-0.05, 0) is 40.3 Å². The van der Waals surface area contributed by atoms with Crippen molar-refractivity contribution in [2.45, 2.75) is 19.5 Å². The average Bonchev–Trinajstić information content (AvgIpc) is 3.16. The molecule has 128 valence electrons. The highest BCUT2D eigenvalue weighted by Gasteiger charge is 2.10. The number of tetrazole rings is 1. The lowest BCUT2D eigenvalue weighted by molar-refractivity contribution is -0.130. The van der Waals surface area contributed by atoms with Crippen molar-refractivity contribution in [1.29, 1.82) is 0 Å². The highest BCUT2D eigenvalue weighted by Crippen LogP contribution is 2.21. The van der Waals surface area contributed by atoms with E-state index in [1.54, 1.807) is 16.6 Å². The molecule has 0 spiro atoms. The molecule has 7 heteroatoms. The standard InChI is InChI=1S/C18H19N5O2/c1-22(18(24)11-12-23-14-19-20-21-23)13-15-7-9-17(10-8-15)25-16-5-3-2-4-6-16/h2-10,14H,11-13H2,1H3. The number of nitrogens with zero attached hydrogens (tertiary/aromatic N) is 5. The van der Waals surface area contributed by atoms with Crippen LogP contribution in [0.15, 0.2) is 60.9 Å². The molecule has 0 saturated carbocycles. The van der Waals surface area contributed by atoms with Gasteiger partial charge in [-0.15, -0.1) is 5.10 Å². The summed E-state index contributed by atoms with van der Waals surface area (Å²) in [6, 6.07) is 17.4. The van der Waals surface area contributed by atoms with E-state index in [1.807, 2.05) is 54.6 Å². The largest absolute Gasteiger partial charge is 0.457 e. The number of carbonyl (C=O) groups is 1. The second kappa shape index (κ2) is 8.05. The minimum Gasteiger partial charge on any atom is -0.457 e. The number of amides is 1. The molecule has 3 rings (SSSR count). The van der Waals surface area contributed by atoms with Crippen molar-refractivity contribution in [3.05, 3.63) is 66.5 Å². The number of aryl methyl sites for hydroxylation is 1. The molecular weight excluding hydrogens is 318 g/mol. The van der Waals surface area contributed by atoms with E-state index in [1.165, 1.54) is 6.33 Å². The normalized spacial score (nSPS) is 10.4. The Kier molecular flexibility index (Phi) is 5.36. The summed E-state index contributed by atoms with van der Waals surface area (Å²) in [6.07, 6.45) is 1.86. The van der Waals surface area contributed by atoms with Crippen LogP contribution in [0.1, 0.15) is 12.0 Å². The van der Waals surface area contributed by atoms with Gasteiger partial charge >= 0.3 is 0 Å². The maximum absolute atomic E-state index is 12.2. The van der Waals surface area contributed by atoms with Gasteiger partial charge < -0.3 is 9.64 Å². The second-order valence-electron chi connectivity index (χ2n) is 5.63. The lowest BCUT2D eigenvalue weighted by atomic mass is 10.2. The van der Waals surface area contributed by atoms with Crippen LogP contribution < -0.4 is 4.74 Å². The first kappa shape index (κ1) is 16.6. The lowest BCUT2D eigenvalue weighted by Crippen LogP contribution is -2.27. The van der Waals surface area contributed by atoms with Gasteiger partial charge in [0.05, 0.1) is 6.54 Å². The first-order valence-corrected chi connectivity index (χ1v) is 7.97. The summed E-state index contributed by atoms with van der Waals surface area (Å²) in [7, 11) is 1.79. The van der Waals surface area contributed by atoms with E-state index in [0.717, 1.165) is 17.1 Å². The summed E-state index contributed by atoms with van der Waals surface area (Å²) in [5.41, 5.74) is 1.04. The summed E-state index contributed by atoms with van der Waals surface area (Å²) in [5.74, 6) is 1.60. The molecule has 7 nitrogen and oxygen atoms in total. The molecule has 0 fully saturated rings. The molecule has 0 N–H and O–H groups in total. The van der Waals surface area contributed by atoms with Gasteiger partial charge in [0.2, 0.25) is 5.91 Å². The van der Waals surface area contributed by atoms with E-state index in [0.29, 0.717) is 19.5 Å². The van der Waals surface area contributed by atoms with Crippen molar-refractivity contribution in [2.75, 3.05) is 7.05 Å².